The highest BCUT2D eigenvalue weighted by Crippen LogP contribution is 2.28. The Labute approximate surface area is 143 Å². The summed E-state index contributed by atoms with van der Waals surface area (Å²) >= 11 is 0. The van der Waals surface area contributed by atoms with Crippen molar-refractivity contribution in [3.8, 4) is 11.5 Å². The molecule has 0 unspecified atom stereocenters. The van der Waals surface area contributed by atoms with Gasteiger partial charge in [-0.25, -0.2) is 4.79 Å². The van der Waals surface area contributed by atoms with Crippen LogP contribution in [0.15, 0.2) is 48.5 Å². The molecule has 0 bridgehead atoms. The van der Waals surface area contributed by atoms with Crippen LogP contribution in [0.2, 0.25) is 0 Å². The maximum absolute atomic E-state index is 12.2. The lowest BCUT2D eigenvalue weighted by atomic mass is 9.97. The van der Waals surface area contributed by atoms with E-state index in [0.29, 0.717) is 23.7 Å². The standard InChI is InChI=1S/C19H24N2O3/c1-4-14(15-8-6-5-7-9-15)13-20-19(22)21-17-12-16(23-2)10-11-18(17)24-3/h5-12,14H,4,13H2,1-3H3,(H2,20,21,22)/t14-/m1/s1. The molecule has 0 aliphatic rings. The number of ether oxygens (including phenoxy) is 2. The maximum atomic E-state index is 12.2. The molecule has 2 rings (SSSR count). The van der Waals surface area contributed by atoms with E-state index in [4.69, 9.17) is 9.47 Å². The number of benzene rings is 2. The third-order valence-electron chi connectivity index (χ3n) is 3.93. The molecule has 0 aliphatic heterocycles. The van der Waals surface area contributed by atoms with Crippen LogP contribution in [-0.4, -0.2) is 26.8 Å². The number of amides is 2. The zero-order valence-corrected chi connectivity index (χ0v) is 14.3. The van der Waals surface area contributed by atoms with Crippen molar-refractivity contribution in [2.75, 3.05) is 26.1 Å². The van der Waals surface area contributed by atoms with E-state index in [-0.39, 0.29) is 11.9 Å². The van der Waals surface area contributed by atoms with E-state index < -0.39 is 0 Å². The van der Waals surface area contributed by atoms with E-state index >= 15 is 0 Å². The van der Waals surface area contributed by atoms with Crippen molar-refractivity contribution in [2.45, 2.75) is 19.3 Å². The molecule has 1 atom stereocenters. The van der Waals surface area contributed by atoms with Crippen molar-refractivity contribution < 1.29 is 14.3 Å². The van der Waals surface area contributed by atoms with Crippen molar-refractivity contribution in [3.63, 3.8) is 0 Å². The summed E-state index contributed by atoms with van der Waals surface area (Å²) in [7, 11) is 3.14. The molecule has 2 aromatic rings. The third-order valence-corrected chi connectivity index (χ3v) is 3.93. The number of carbonyl (C=O) groups excluding carboxylic acids is 1. The Morgan fingerprint density at radius 3 is 2.46 bits per heavy atom. The van der Waals surface area contributed by atoms with Crippen molar-refractivity contribution >= 4 is 11.7 Å². The van der Waals surface area contributed by atoms with Crippen molar-refractivity contribution in [1.29, 1.82) is 0 Å². The number of carbonyl (C=O) groups is 1. The van der Waals surface area contributed by atoms with E-state index in [9.17, 15) is 4.79 Å². The number of methoxy groups -OCH3 is 2. The Bertz CT molecular complexity index is 659. The second-order valence-electron chi connectivity index (χ2n) is 5.42. The molecule has 0 aliphatic carbocycles. The number of rotatable bonds is 7. The number of urea groups is 1. The molecule has 0 saturated carbocycles. The third kappa shape index (κ3) is 4.65. The van der Waals surface area contributed by atoms with Crippen LogP contribution in [0.1, 0.15) is 24.8 Å². The molecule has 5 nitrogen and oxygen atoms in total. The van der Waals surface area contributed by atoms with Gasteiger partial charge in [0.05, 0.1) is 19.9 Å². The Balaban J connectivity index is 1.98. The second kappa shape index (κ2) is 8.82. The van der Waals surface area contributed by atoms with Crippen LogP contribution in [0.25, 0.3) is 0 Å². The van der Waals surface area contributed by atoms with E-state index in [1.807, 2.05) is 18.2 Å². The van der Waals surface area contributed by atoms with Crippen LogP contribution >= 0.6 is 0 Å². The molecule has 0 aromatic heterocycles. The van der Waals surface area contributed by atoms with Crippen LogP contribution in [0.4, 0.5) is 10.5 Å². The lowest BCUT2D eigenvalue weighted by molar-refractivity contribution is 0.251. The van der Waals surface area contributed by atoms with E-state index in [2.05, 4.69) is 29.7 Å². The summed E-state index contributed by atoms with van der Waals surface area (Å²) in [5.74, 6) is 1.52. The summed E-state index contributed by atoms with van der Waals surface area (Å²) in [6.45, 7) is 2.68. The fourth-order valence-corrected chi connectivity index (χ4v) is 2.52. The largest absolute Gasteiger partial charge is 0.497 e. The van der Waals surface area contributed by atoms with Gasteiger partial charge in [-0.1, -0.05) is 37.3 Å². The van der Waals surface area contributed by atoms with Gasteiger partial charge in [-0.15, -0.1) is 0 Å². The predicted octanol–water partition coefficient (Wildman–Crippen LogP) is 4.02. The monoisotopic (exact) mass is 328 g/mol. The normalized spacial score (nSPS) is 11.5. The molecule has 2 amide bonds. The first-order valence-electron chi connectivity index (χ1n) is 7.99. The lowest BCUT2D eigenvalue weighted by Crippen LogP contribution is -2.32. The molecule has 2 N–H and O–H groups in total. The Morgan fingerprint density at radius 1 is 1.08 bits per heavy atom. The molecule has 0 heterocycles. The molecule has 0 spiro atoms. The topological polar surface area (TPSA) is 59.6 Å². The van der Waals surface area contributed by atoms with Gasteiger partial charge in [0.1, 0.15) is 11.5 Å². The minimum atomic E-state index is -0.268. The summed E-state index contributed by atoms with van der Waals surface area (Å²) in [5, 5.41) is 5.74. The minimum absolute atomic E-state index is 0.268. The molecule has 24 heavy (non-hydrogen) atoms. The van der Waals surface area contributed by atoms with E-state index in [1.54, 1.807) is 32.4 Å². The average Bonchev–Trinajstić information content (AvgIpc) is 2.63. The van der Waals surface area contributed by atoms with Gasteiger partial charge in [0.15, 0.2) is 0 Å². The van der Waals surface area contributed by atoms with Crippen molar-refractivity contribution in [3.05, 3.63) is 54.1 Å². The van der Waals surface area contributed by atoms with Gasteiger partial charge < -0.3 is 20.1 Å². The smallest absolute Gasteiger partial charge is 0.319 e. The highest BCUT2D eigenvalue weighted by Gasteiger charge is 2.12. The zero-order valence-electron chi connectivity index (χ0n) is 14.3. The fraction of sp³-hybridized carbons (Fsp3) is 0.316. The van der Waals surface area contributed by atoms with Gasteiger partial charge in [-0.3, -0.25) is 0 Å². The first kappa shape index (κ1) is 17.7. The average molecular weight is 328 g/mol. The summed E-state index contributed by atoms with van der Waals surface area (Å²) in [5.41, 5.74) is 1.79. The molecule has 128 valence electrons. The summed E-state index contributed by atoms with van der Waals surface area (Å²) in [6, 6.07) is 15.2. The van der Waals surface area contributed by atoms with Gasteiger partial charge in [-0.05, 0) is 24.1 Å². The zero-order chi connectivity index (χ0) is 17.4. The first-order chi connectivity index (χ1) is 11.7. The van der Waals surface area contributed by atoms with Gasteiger partial charge in [0.25, 0.3) is 0 Å². The van der Waals surface area contributed by atoms with Gasteiger partial charge in [-0.2, -0.15) is 0 Å². The van der Waals surface area contributed by atoms with Crippen molar-refractivity contribution in [2.24, 2.45) is 0 Å². The summed E-state index contributed by atoms with van der Waals surface area (Å²) < 4.78 is 10.4. The minimum Gasteiger partial charge on any atom is -0.497 e. The number of hydrogen-bond acceptors (Lipinski definition) is 3. The van der Waals surface area contributed by atoms with Crippen LogP contribution < -0.4 is 20.1 Å². The molecule has 5 heteroatoms. The van der Waals surface area contributed by atoms with E-state index in [0.717, 1.165) is 6.42 Å². The maximum Gasteiger partial charge on any atom is 0.319 e. The van der Waals surface area contributed by atoms with Crippen LogP contribution in [0.3, 0.4) is 0 Å². The first-order valence-corrected chi connectivity index (χ1v) is 7.99. The highest BCUT2D eigenvalue weighted by molar-refractivity contribution is 5.91. The molecule has 2 aromatic carbocycles. The molecule has 0 fully saturated rings. The number of hydrogen-bond donors (Lipinski definition) is 2. The van der Waals surface area contributed by atoms with E-state index in [1.165, 1.54) is 5.56 Å². The molecular formula is C19H24N2O3. The van der Waals surface area contributed by atoms with Crippen LogP contribution in [-0.2, 0) is 0 Å². The molecule has 0 radical (unpaired) electrons. The number of anilines is 1. The van der Waals surface area contributed by atoms with Crippen LogP contribution in [0.5, 0.6) is 11.5 Å². The van der Waals surface area contributed by atoms with Crippen LogP contribution in [0, 0.1) is 0 Å². The fourth-order valence-electron chi connectivity index (χ4n) is 2.52. The Morgan fingerprint density at radius 2 is 1.83 bits per heavy atom. The lowest BCUT2D eigenvalue weighted by Gasteiger charge is -2.17. The highest BCUT2D eigenvalue weighted by atomic mass is 16.5. The van der Waals surface area contributed by atoms with Crippen molar-refractivity contribution in [1.82, 2.24) is 5.32 Å². The molecule has 0 saturated heterocycles. The Kier molecular flexibility index (Phi) is 6.49. The van der Waals surface area contributed by atoms with Gasteiger partial charge in [0, 0.05) is 18.5 Å². The van der Waals surface area contributed by atoms with Gasteiger partial charge >= 0.3 is 6.03 Å². The summed E-state index contributed by atoms with van der Waals surface area (Å²) in [4.78, 5) is 12.2. The summed E-state index contributed by atoms with van der Waals surface area (Å²) in [6.07, 6.45) is 0.951. The SMILES string of the molecule is CC[C@H](CNC(=O)Nc1cc(OC)ccc1OC)c1ccccc1. The Hall–Kier alpha value is -2.69. The van der Waals surface area contributed by atoms with Gasteiger partial charge in [0.2, 0.25) is 0 Å². The number of nitrogens with one attached hydrogen (secondary N) is 2. The molecular weight excluding hydrogens is 304 g/mol. The second-order valence-corrected chi connectivity index (χ2v) is 5.42. The predicted molar refractivity (Wildman–Crippen MR) is 96.0 cm³/mol. The quantitative estimate of drug-likeness (QED) is 0.807.